The summed E-state index contributed by atoms with van der Waals surface area (Å²) in [6, 6.07) is 14.5. The van der Waals surface area contributed by atoms with Gasteiger partial charge in [-0.15, -0.1) is 0 Å². The van der Waals surface area contributed by atoms with Crippen LogP contribution in [-0.4, -0.2) is 29.5 Å². The van der Waals surface area contributed by atoms with Crippen LogP contribution in [0.15, 0.2) is 73.1 Å². The van der Waals surface area contributed by atoms with Gasteiger partial charge in [0.05, 0.1) is 6.20 Å². The average Bonchev–Trinajstić information content (AvgIpc) is 2.83. The zero-order chi connectivity index (χ0) is 22.3. The zero-order valence-electron chi connectivity index (χ0n) is 16.7. The Balaban J connectivity index is 1.28. The highest BCUT2D eigenvalue weighted by Gasteiger charge is 2.27. The van der Waals surface area contributed by atoms with Gasteiger partial charge in [-0.1, -0.05) is 18.2 Å². The van der Waals surface area contributed by atoms with Crippen molar-refractivity contribution in [2.45, 2.75) is 6.10 Å². The highest BCUT2D eigenvalue weighted by molar-refractivity contribution is 5.93. The first-order chi connectivity index (χ1) is 15.6. The lowest BCUT2D eigenvalue weighted by molar-refractivity contribution is -0.134. The molecule has 0 spiro atoms. The highest BCUT2D eigenvalue weighted by Crippen LogP contribution is 2.30. The third-order valence-corrected chi connectivity index (χ3v) is 4.36. The van der Waals surface area contributed by atoms with Crippen LogP contribution in [0.25, 0.3) is 6.08 Å². The van der Waals surface area contributed by atoms with E-state index in [0.29, 0.717) is 22.8 Å². The normalized spacial score (nSPS) is 14.6. The Bertz CT molecular complexity index is 1150. The van der Waals surface area contributed by atoms with Gasteiger partial charge >= 0.3 is 0 Å². The number of hydrogen-bond acceptors (Lipinski definition) is 6. The summed E-state index contributed by atoms with van der Waals surface area (Å²) in [5.41, 5.74) is 4.95. The summed E-state index contributed by atoms with van der Waals surface area (Å²) in [7, 11) is 0. The molecule has 162 valence electrons. The minimum Gasteiger partial charge on any atom is -0.485 e. The zero-order valence-corrected chi connectivity index (χ0v) is 16.7. The lowest BCUT2D eigenvalue weighted by Gasteiger charge is -2.25. The average molecular weight is 435 g/mol. The van der Waals surface area contributed by atoms with Crippen LogP contribution >= 0.6 is 0 Å². The van der Waals surface area contributed by atoms with E-state index in [-0.39, 0.29) is 12.4 Å². The van der Waals surface area contributed by atoms with E-state index in [4.69, 9.17) is 14.2 Å². The Kier molecular flexibility index (Phi) is 6.26. The van der Waals surface area contributed by atoms with Crippen molar-refractivity contribution in [3.8, 4) is 23.0 Å². The molecule has 0 aliphatic carbocycles. The fourth-order valence-corrected chi connectivity index (χ4v) is 2.80. The molecule has 2 amide bonds. The molecule has 1 aliphatic heterocycles. The van der Waals surface area contributed by atoms with Gasteiger partial charge in [0.25, 0.3) is 11.8 Å². The number of carbonyl (C=O) groups is 2. The second-order valence-electron chi connectivity index (χ2n) is 6.66. The van der Waals surface area contributed by atoms with E-state index < -0.39 is 23.7 Å². The van der Waals surface area contributed by atoms with Gasteiger partial charge in [0, 0.05) is 12.3 Å². The highest BCUT2D eigenvalue weighted by atomic mass is 19.1. The molecule has 0 radical (unpaired) electrons. The molecule has 3 aromatic rings. The molecule has 2 heterocycles. The maximum atomic E-state index is 14.3. The van der Waals surface area contributed by atoms with Gasteiger partial charge in [0.2, 0.25) is 6.10 Å². The van der Waals surface area contributed by atoms with Crippen molar-refractivity contribution in [3.05, 3.63) is 84.4 Å². The predicted octanol–water partition coefficient (Wildman–Crippen LogP) is 3.01. The van der Waals surface area contributed by atoms with E-state index >= 15 is 0 Å². The molecule has 32 heavy (non-hydrogen) atoms. The number of fused-ring (bicyclic) bond motifs is 1. The number of nitrogens with one attached hydrogen (secondary N) is 2. The van der Waals surface area contributed by atoms with E-state index in [1.54, 1.807) is 48.7 Å². The molecule has 0 bridgehead atoms. The van der Waals surface area contributed by atoms with Gasteiger partial charge in [-0.3, -0.25) is 25.4 Å². The van der Waals surface area contributed by atoms with Crippen LogP contribution in [0.1, 0.15) is 5.56 Å². The predicted molar refractivity (Wildman–Crippen MR) is 112 cm³/mol. The molecule has 1 atom stereocenters. The first-order valence-electron chi connectivity index (χ1n) is 9.62. The lowest BCUT2D eigenvalue weighted by atomic mass is 10.2. The standard InChI is InChI=1S/C23H18FN3O5/c24-17-12-15(7-9-18(17)31-16-4-3-11-25-13-16)8-10-22(28)26-27-23(29)21-14-30-19-5-1-2-6-20(19)32-21/h1-13,21H,14H2,(H,26,28)(H,27,29)/b10-8+. The summed E-state index contributed by atoms with van der Waals surface area (Å²) in [4.78, 5) is 28.1. The van der Waals surface area contributed by atoms with E-state index in [9.17, 15) is 14.0 Å². The molecular weight excluding hydrogens is 417 g/mol. The van der Waals surface area contributed by atoms with Crippen LogP contribution in [0.5, 0.6) is 23.0 Å². The van der Waals surface area contributed by atoms with Gasteiger partial charge < -0.3 is 14.2 Å². The first kappa shape index (κ1) is 20.9. The van der Waals surface area contributed by atoms with E-state index in [2.05, 4.69) is 15.8 Å². The van der Waals surface area contributed by atoms with Gasteiger partial charge in [0.15, 0.2) is 23.1 Å². The summed E-state index contributed by atoms with van der Waals surface area (Å²) >= 11 is 0. The second-order valence-corrected chi connectivity index (χ2v) is 6.66. The summed E-state index contributed by atoms with van der Waals surface area (Å²) in [5, 5.41) is 0. The van der Waals surface area contributed by atoms with Crippen LogP contribution in [0, 0.1) is 5.82 Å². The van der Waals surface area contributed by atoms with Gasteiger partial charge in [-0.05, 0) is 48.0 Å². The Morgan fingerprint density at radius 1 is 1.09 bits per heavy atom. The summed E-state index contributed by atoms with van der Waals surface area (Å²) in [6.45, 7) is 0.0152. The molecule has 4 rings (SSSR count). The van der Waals surface area contributed by atoms with Crippen molar-refractivity contribution in [3.63, 3.8) is 0 Å². The van der Waals surface area contributed by atoms with Crippen LogP contribution in [0.2, 0.25) is 0 Å². The molecule has 0 fully saturated rings. The molecule has 9 heteroatoms. The lowest BCUT2D eigenvalue weighted by Crippen LogP contribution is -2.50. The molecule has 1 aliphatic rings. The van der Waals surface area contributed by atoms with E-state index in [0.717, 1.165) is 6.08 Å². The van der Waals surface area contributed by atoms with Gasteiger partial charge in [-0.25, -0.2) is 4.39 Å². The van der Waals surface area contributed by atoms with Crippen LogP contribution in [0.4, 0.5) is 4.39 Å². The molecule has 8 nitrogen and oxygen atoms in total. The van der Waals surface area contributed by atoms with Crippen molar-refractivity contribution in [2.75, 3.05) is 6.61 Å². The van der Waals surface area contributed by atoms with Crippen molar-refractivity contribution >= 4 is 17.9 Å². The van der Waals surface area contributed by atoms with Crippen LogP contribution < -0.4 is 25.1 Å². The number of pyridine rings is 1. The molecule has 1 aromatic heterocycles. The number of para-hydroxylation sites is 2. The number of benzene rings is 2. The fraction of sp³-hybridized carbons (Fsp3) is 0.0870. The molecule has 0 saturated carbocycles. The summed E-state index contributed by atoms with van der Waals surface area (Å²) < 4.78 is 30.7. The molecular formula is C23H18FN3O5. The SMILES string of the molecule is O=C(/C=C/c1ccc(Oc2cccnc2)c(F)c1)NNC(=O)C1COc2ccccc2O1. The Morgan fingerprint density at radius 2 is 1.94 bits per heavy atom. The topological polar surface area (TPSA) is 98.8 Å². The first-order valence-corrected chi connectivity index (χ1v) is 9.62. The van der Waals surface area contributed by atoms with Crippen molar-refractivity contribution in [1.29, 1.82) is 0 Å². The van der Waals surface area contributed by atoms with Crippen molar-refractivity contribution < 1.29 is 28.2 Å². The van der Waals surface area contributed by atoms with Crippen LogP contribution in [-0.2, 0) is 9.59 Å². The van der Waals surface area contributed by atoms with Gasteiger partial charge in [-0.2, -0.15) is 0 Å². The Labute approximate surface area is 182 Å². The summed E-state index contributed by atoms with van der Waals surface area (Å²) in [5.74, 6) is -0.338. The maximum Gasteiger partial charge on any atom is 0.283 e. The third kappa shape index (κ3) is 5.20. The minimum atomic E-state index is -0.907. The van der Waals surface area contributed by atoms with E-state index in [1.807, 2.05) is 0 Å². The Hall–Kier alpha value is -4.40. The fourth-order valence-electron chi connectivity index (χ4n) is 2.80. The monoisotopic (exact) mass is 435 g/mol. The number of amides is 2. The van der Waals surface area contributed by atoms with E-state index in [1.165, 1.54) is 24.4 Å². The Morgan fingerprint density at radius 3 is 2.72 bits per heavy atom. The largest absolute Gasteiger partial charge is 0.485 e. The smallest absolute Gasteiger partial charge is 0.283 e. The number of halogens is 1. The minimum absolute atomic E-state index is 0.0152. The van der Waals surface area contributed by atoms with Gasteiger partial charge in [0.1, 0.15) is 12.4 Å². The number of carbonyl (C=O) groups excluding carboxylic acids is 2. The van der Waals surface area contributed by atoms with Crippen LogP contribution in [0.3, 0.4) is 0 Å². The molecule has 1 unspecified atom stereocenters. The number of hydrazine groups is 1. The molecule has 0 saturated heterocycles. The number of nitrogens with zero attached hydrogens (tertiary/aromatic N) is 1. The molecule has 2 N–H and O–H groups in total. The number of aromatic nitrogens is 1. The third-order valence-electron chi connectivity index (χ3n) is 4.36. The van der Waals surface area contributed by atoms with Crippen molar-refractivity contribution in [2.24, 2.45) is 0 Å². The van der Waals surface area contributed by atoms with Crippen molar-refractivity contribution in [1.82, 2.24) is 15.8 Å². The number of ether oxygens (including phenoxy) is 3. The number of hydrogen-bond donors (Lipinski definition) is 2. The quantitative estimate of drug-likeness (QED) is 0.472. The molecule has 2 aromatic carbocycles. The summed E-state index contributed by atoms with van der Waals surface area (Å²) in [6.07, 6.45) is 4.70. The second kappa shape index (κ2) is 9.61. The number of rotatable bonds is 5. The maximum absolute atomic E-state index is 14.3.